The topological polar surface area (TPSA) is 144 Å². The second-order valence-electron chi connectivity index (χ2n) is 11.5. The molecule has 3 N–H and O–H groups in total. The van der Waals surface area contributed by atoms with Gasteiger partial charge >= 0.3 is 13.7 Å². The molecule has 0 spiro atoms. The van der Waals surface area contributed by atoms with Crippen molar-refractivity contribution in [3.63, 3.8) is 0 Å². The first-order chi connectivity index (χ1) is 19.8. The SMILES string of the molecule is CC(=O)c1ccc[n+]([C@@H]2O[C@H](CO[P@@](=O)(N[C@@H](C)C(=O)OCC(C)(C)C)Oc3cccc4ccccc34)[C@H](O)C2O)c1. The summed E-state index contributed by atoms with van der Waals surface area (Å²) in [6.45, 7) is 8.33. The van der Waals surface area contributed by atoms with E-state index in [0.29, 0.717) is 10.9 Å². The molecule has 0 saturated carbocycles. The summed E-state index contributed by atoms with van der Waals surface area (Å²) in [7, 11) is -4.31. The molecule has 2 heterocycles. The van der Waals surface area contributed by atoms with Crippen LogP contribution >= 0.6 is 7.75 Å². The maximum atomic E-state index is 14.2. The zero-order valence-electron chi connectivity index (χ0n) is 24.3. The number of ether oxygens (including phenoxy) is 2. The summed E-state index contributed by atoms with van der Waals surface area (Å²) in [6.07, 6.45) is -1.84. The maximum absolute atomic E-state index is 14.2. The van der Waals surface area contributed by atoms with Crippen LogP contribution in [0.3, 0.4) is 0 Å². The minimum absolute atomic E-state index is 0.150. The monoisotopic (exact) mass is 601 g/mol. The molecule has 2 aromatic carbocycles. The first-order valence-corrected chi connectivity index (χ1v) is 15.2. The molecule has 226 valence electrons. The van der Waals surface area contributed by atoms with E-state index in [1.54, 1.807) is 36.5 Å². The van der Waals surface area contributed by atoms with Gasteiger partial charge in [-0.15, -0.1) is 0 Å². The molecule has 0 bridgehead atoms. The summed E-state index contributed by atoms with van der Waals surface area (Å²) in [6, 6.07) is 14.7. The average Bonchev–Trinajstić information content (AvgIpc) is 3.23. The molecule has 3 aromatic rings. The predicted octanol–water partition coefficient (Wildman–Crippen LogP) is 3.72. The number of esters is 1. The summed E-state index contributed by atoms with van der Waals surface area (Å²) >= 11 is 0. The van der Waals surface area contributed by atoms with Crippen molar-refractivity contribution in [1.29, 1.82) is 0 Å². The van der Waals surface area contributed by atoms with Crippen LogP contribution in [0.25, 0.3) is 10.8 Å². The van der Waals surface area contributed by atoms with Crippen LogP contribution < -0.4 is 14.2 Å². The summed E-state index contributed by atoms with van der Waals surface area (Å²) < 4.78 is 38.6. The number of aliphatic hydroxyl groups excluding tert-OH is 2. The molecule has 1 saturated heterocycles. The third-order valence-electron chi connectivity index (χ3n) is 6.59. The predicted molar refractivity (Wildman–Crippen MR) is 154 cm³/mol. The molecule has 0 amide bonds. The standard InChI is InChI=1S/C30H38N2O9P/c1-19(29(36)38-18-30(3,4)5)31-42(37,41-24-14-8-11-21-10-6-7-13-23(21)24)39-17-25-26(34)27(35)28(40-25)32-15-9-12-22(16-32)20(2)33/h6-16,19,25-28,34-35H,17-18H2,1-5H3,(H,31,37)/q+1/t19-,25+,26-,27?,28+,42-/m0/s1. The Hall–Kier alpha value is -3.18. The number of rotatable bonds is 11. The van der Waals surface area contributed by atoms with Crippen LogP contribution in [0.4, 0.5) is 0 Å². The molecule has 6 atom stereocenters. The highest BCUT2D eigenvalue weighted by Gasteiger charge is 2.49. The molecule has 11 nitrogen and oxygen atoms in total. The molecular formula is C30H38N2O9P+. The number of carbonyl (C=O) groups is 2. The summed E-state index contributed by atoms with van der Waals surface area (Å²) in [4.78, 5) is 24.5. The lowest BCUT2D eigenvalue weighted by Crippen LogP contribution is -2.46. The molecule has 1 fully saturated rings. The van der Waals surface area contributed by atoms with Crippen LogP contribution in [-0.4, -0.2) is 59.5 Å². The number of hydrogen-bond acceptors (Lipinski definition) is 9. The molecule has 0 aliphatic carbocycles. The van der Waals surface area contributed by atoms with Gasteiger partial charge < -0.3 is 24.2 Å². The first kappa shape index (κ1) is 31.7. The fourth-order valence-corrected chi connectivity index (χ4v) is 5.86. The Morgan fingerprint density at radius 2 is 1.79 bits per heavy atom. The molecule has 1 aliphatic heterocycles. The number of pyridine rings is 1. The quantitative estimate of drug-likeness (QED) is 0.129. The number of hydrogen-bond donors (Lipinski definition) is 3. The highest BCUT2D eigenvalue weighted by molar-refractivity contribution is 7.52. The van der Waals surface area contributed by atoms with E-state index in [1.807, 2.05) is 45.0 Å². The number of benzene rings is 2. The highest BCUT2D eigenvalue weighted by Crippen LogP contribution is 2.47. The lowest BCUT2D eigenvalue weighted by molar-refractivity contribution is -0.765. The normalized spacial score (nSPS) is 22.8. The van der Waals surface area contributed by atoms with Gasteiger partial charge in [-0.25, -0.2) is 4.57 Å². The Balaban J connectivity index is 1.54. The van der Waals surface area contributed by atoms with Crippen LogP contribution in [-0.2, 0) is 23.4 Å². The van der Waals surface area contributed by atoms with E-state index in [-0.39, 0.29) is 23.6 Å². The van der Waals surface area contributed by atoms with Crippen LogP contribution in [0.5, 0.6) is 5.75 Å². The Kier molecular flexibility index (Phi) is 9.82. The lowest BCUT2D eigenvalue weighted by atomic mass is 9.99. The molecule has 4 rings (SSSR count). The molecule has 1 unspecified atom stereocenters. The van der Waals surface area contributed by atoms with E-state index < -0.39 is 50.9 Å². The van der Waals surface area contributed by atoms with E-state index in [1.165, 1.54) is 24.6 Å². The Labute approximate surface area is 245 Å². The van der Waals surface area contributed by atoms with E-state index in [9.17, 15) is 24.4 Å². The minimum atomic E-state index is -4.31. The van der Waals surface area contributed by atoms with Crippen molar-refractivity contribution in [2.24, 2.45) is 5.41 Å². The number of aliphatic hydroxyl groups is 2. The fraction of sp³-hybridized carbons (Fsp3) is 0.433. The van der Waals surface area contributed by atoms with Gasteiger partial charge in [0.05, 0.1) is 18.8 Å². The number of Topliss-reactive ketones (excluding diaryl/α,β-unsaturated/α-hetero) is 1. The van der Waals surface area contributed by atoms with Crippen molar-refractivity contribution in [2.75, 3.05) is 13.2 Å². The molecular weight excluding hydrogens is 563 g/mol. The second kappa shape index (κ2) is 13.0. The minimum Gasteiger partial charge on any atom is -0.464 e. The van der Waals surface area contributed by atoms with Gasteiger partial charge in [-0.2, -0.15) is 9.65 Å². The largest absolute Gasteiger partial charge is 0.464 e. The molecule has 12 heteroatoms. The fourth-order valence-electron chi connectivity index (χ4n) is 4.34. The van der Waals surface area contributed by atoms with Gasteiger partial charge in [0.15, 0.2) is 24.3 Å². The van der Waals surface area contributed by atoms with Gasteiger partial charge in [-0.3, -0.25) is 14.1 Å². The van der Waals surface area contributed by atoms with Gasteiger partial charge in [0.2, 0.25) is 0 Å². The van der Waals surface area contributed by atoms with Crippen molar-refractivity contribution in [2.45, 2.75) is 65.2 Å². The van der Waals surface area contributed by atoms with Crippen LogP contribution in [0.2, 0.25) is 0 Å². The number of ketones is 1. The number of fused-ring (bicyclic) bond motifs is 1. The summed E-state index contributed by atoms with van der Waals surface area (Å²) in [5.41, 5.74) is 0.122. The van der Waals surface area contributed by atoms with E-state index in [0.717, 1.165) is 5.39 Å². The van der Waals surface area contributed by atoms with Crippen molar-refractivity contribution in [1.82, 2.24) is 5.09 Å². The lowest BCUT2D eigenvalue weighted by Gasteiger charge is -2.25. The Morgan fingerprint density at radius 3 is 2.50 bits per heavy atom. The number of carbonyl (C=O) groups excluding carboxylic acids is 2. The van der Waals surface area contributed by atoms with Crippen molar-refractivity contribution >= 4 is 30.3 Å². The third-order valence-corrected chi connectivity index (χ3v) is 8.22. The van der Waals surface area contributed by atoms with Crippen LogP contribution in [0.15, 0.2) is 67.0 Å². The second-order valence-corrected chi connectivity index (χ2v) is 13.2. The number of nitrogens with zero attached hydrogens (tertiary/aromatic N) is 1. The van der Waals surface area contributed by atoms with Crippen LogP contribution in [0, 0.1) is 5.41 Å². The van der Waals surface area contributed by atoms with E-state index >= 15 is 0 Å². The zero-order valence-corrected chi connectivity index (χ0v) is 25.2. The Bertz CT molecular complexity index is 1470. The van der Waals surface area contributed by atoms with Crippen molar-refractivity contribution < 1.29 is 47.5 Å². The summed E-state index contributed by atoms with van der Waals surface area (Å²) in [5, 5.41) is 25.6. The van der Waals surface area contributed by atoms with Gasteiger partial charge in [0, 0.05) is 11.5 Å². The van der Waals surface area contributed by atoms with Crippen molar-refractivity contribution in [3.05, 3.63) is 72.6 Å². The molecule has 1 aromatic heterocycles. The van der Waals surface area contributed by atoms with E-state index in [2.05, 4.69) is 5.09 Å². The average molecular weight is 602 g/mol. The summed E-state index contributed by atoms with van der Waals surface area (Å²) in [5.74, 6) is -0.573. The molecule has 0 radical (unpaired) electrons. The first-order valence-electron chi connectivity index (χ1n) is 13.7. The molecule has 42 heavy (non-hydrogen) atoms. The number of nitrogens with one attached hydrogen (secondary N) is 1. The number of aromatic nitrogens is 1. The van der Waals surface area contributed by atoms with Gasteiger partial charge in [0.1, 0.15) is 24.0 Å². The van der Waals surface area contributed by atoms with Gasteiger partial charge in [-0.1, -0.05) is 57.2 Å². The smallest absolute Gasteiger partial charge is 0.459 e. The highest BCUT2D eigenvalue weighted by atomic mass is 31.2. The zero-order chi connectivity index (χ0) is 30.7. The van der Waals surface area contributed by atoms with Crippen molar-refractivity contribution in [3.8, 4) is 5.75 Å². The van der Waals surface area contributed by atoms with E-state index in [4.69, 9.17) is 18.5 Å². The maximum Gasteiger partial charge on any atom is 0.459 e. The van der Waals surface area contributed by atoms with Gasteiger partial charge in [-0.05, 0) is 36.8 Å². The van der Waals surface area contributed by atoms with Gasteiger partial charge in [0.25, 0.3) is 6.23 Å². The molecule has 1 aliphatic rings. The third kappa shape index (κ3) is 7.80. The Morgan fingerprint density at radius 1 is 1.07 bits per heavy atom. The van der Waals surface area contributed by atoms with Crippen LogP contribution in [0.1, 0.15) is 51.2 Å².